The molecule has 1 aliphatic rings. The van der Waals surface area contributed by atoms with E-state index in [-0.39, 0.29) is 24.4 Å². The Bertz CT molecular complexity index is 705. The van der Waals surface area contributed by atoms with E-state index in [1.807, 2.05) is 36.1 Å². The number of nitrogens with two attached hydrogens (primary N) is 1. The summed E-state index contributed by atoms with van der Waals surface area (Å²) in [6, 6.07) is 7.70. The van der Waals surface area contributed by atoms with Gasteiger partial charge in [0.25, 0.3) is 0 Å². The summed E-state index contributed by atoms with van der Waals surface area (Å²) < 4.78 is 10.7. The van der Waals surface area contributed by atoms with Gasteiger partial charge in [0.1, 0.15) is 5.75 Å². The first-order valence-corrected chi connectivity index (χ1v) is 8.76. The molecule has 0 spiro atoms. The number of rotatable bonds is 7. The van der Waals surface area contributed by atoms with E-state index in [1.54, 1.807) is 0 Å². The highest BCUT2D eigenvalue weighted by molar-refractivity contribution is 5.85. The van der Waals surface area contributed by atoms with Crippen molar-refractivity contribution in [3.05, 3.63) is 30.2 Å². The van der Waals surface area contributed by atoms with Crippen LogP contribution in [0.15, 0.2) is 28.8 Å². The Kier molecular flexibility index (Phi) is 7.41. The van der Waals surface area contributed by atoms with Crippen LogP contribution < -0.4 is 10.5 Å². The van der Waals surface area contributed by atoms with E-state index in [0.29, 0.717) is 37.7 Å². The number of nitrogens with zero attached hydrogens (tertiary/aromatic N) is 3. The van der Waals surface area contributed by atoms with Gasteiger partial charge in [-0.3, -0.25) is 4.79 Å². The number of likely N-dealkylation sites (tertiary alicyclic amines) is 1. The summed E-state index contributed by atoms with van der Waals surface area (Å²) in [7, 11) is 0. The standard InChI is InChI=1S/C18H24N4O3.ClH/c1-2-24-15-7-5-13(6-8-15)18-20-16(25-21-18)9-10-17(23)22-11-3-4-14(22)12-19;/h5-8,14H,2-4,9-12,19H2,1H3;1H. The van der Waals surface area contributed by atoms with Gasteiger partial charge >= 0.3 is 0 Å². The number of carbonyl (C=O) groups excluding carboxylic acids is 1. The first kappa shape index (κ1) is 20.2. The third-order valence-corrected chi connectivity index (χ3v) is 4.41. The zero-order valence-electron chi connectivity index (χ0n) is 14.9. The van der Waals surface area contributed by atoms with Gasteiger partial charge in [-0.05, 0) is 44.0 Å². The van der Waals surface area contributed by atoms with Crippen molar-refractivity contribution in [1.82, 2.24) is 15.0 Å². The summed E-state index contributed by atoms with van der Waals surface area (Å²) in [5.74, 6) is 1.90. The highest BCUT2D eigenvalue weighted by Gasteiger charge is 2.27. The molecule has 0 saturated carbocycles. The predicted octanol–water partition coefficient (Wildman–Crippen LogP) is 2.44. The van der Waals surface area contributed by atoms with E-state index < -0.39 is 0 Å². The van der Waals surface area contributed by atoms with Crippen LogP contribution in [-0.2, 0) is 11.2 Å². The van der Waals surface area contributed by atoms with Gasteiger partial charge in [0.15, 0.2) is 0 Å². The molecule has 2 heterocycles. The third-order valence-electron chi connectivity index (χ3n) is 4.41. The van der Waals surface area contributed by atoms with Crippen molar-refractivity contribution in [2.24, 2.45) is 5.73 Å². The smallest absolute Gasteiger partial charge is 0.227 e. The van der Waals surface area contributed by atoms with Gasteiger partial charge in [-0.2, -0.15) is 4.98 Å². The van der Waals surface area contributed by atoms with E-state index in [2.05, 4.69) is 10.1 Å². The van der Waals surface area contributed by atoms with Crippen molar-refractivity contribution in [2.45, 2.75) is 38.6 Å². The molecule has 0 radical (unpaired) electrons. The minimum Gasteiger partial charge on any atom is -0.494 e. The highest BCUT2D eigenvalue weighted by Crippen LogP contribution is 2.21. The first-order chi connectivity index (χ1) is 12.2. The number of aromatic nitrogens is 2. The number of hydrogen-bond donors (Lipinski definition) is 1. The molecule has 1 aliphatic heterocycles. The Morgan fingerprint density at radius 2 is 2.15 bits per heavy atom. The Hall–Kier alpha value is -2.12. The first-order valence-electron chi connectivity index (χ1n) is 8.76. The fourth-order valence-corrected chi connectivity index (χ4v) is 3.11. The van der Waals surface area contributed by atoms with Gasteiger partial charge in [0, 0.05) is 37.5 Å². The van der Waals surface area contributed by atoms with Crippen LogP contribution in [0.3, 0.4) is 0 Å². The van der Waals surface area contributed by atoms with Crippen LogP contribution in [0.25, 0.3) is 11.4 Å². The molecule has 0 aliphatic carbocycles. The normalized spacial score (nSPS) is 16.4. The Morgan fingerprint density at radius 3 is 2.85 bits per heavy atom. The molecular formula is C18H25ClN4O3. The van der Waals surface area contributed by atoms with Crippen LogP contribution in [0.1, 0.15) is 32.1 Å². The largest absolute Gasteiger partial charge is 0.494 e. The van der Waals surface area contributed by atoms with Crippen molar-refractivity contribution >= 4 is 18.3 Å². The average molecular weight is 381 g/mol. The molecule has 1 amide bonds. The summed E-state index contributed by atoms with van der Waals surface area (Å²) in [6.07, 6.45) is 2.82. The molecule has 1 unspecified atom stereocenters. The fraction of sp³-hybridized carbons (Fsp3) is 0.500. The number of hydrogen-bond acceptors (Lipinski definition) is 6. The van der Waals surface area contributed by atoms with Gasteiger partial charge in [-0.25, -0.2) is 0 Å². The lowest BCUT2D eigenvalue weighted by molar-refractivity contribution is -0.131. The zero-order valence-corrected chi connectivity index (χ0v) is 15.7. The molecule has 1 aromatic carbocycles. The number of halogens is 1. The molecule has 2 aromatic rings. The quantitative estimate of drug-likeness (QED) is 0.792. The van der Waals surface area contributed by atoms with Gasteiger partial charge in [0.2, 0.25) is 17.6 Å². The lowest BCUT2D eigenvalue weighted by atomic mass is 10.2. The van der Waals surface area contributed by atoms with Gasteiger partial charge in [-0.15, -0.1) is 12.4 Å². The van der Waals surface area contributed by atoms with Crippen LogP contribution in [-0.4, -0.2) is 46.7 Å². The molecule has 7 nitrogen and oxygen atoms in total. The van der Waals surface area contributed by atoms with Crippen molar-refractivity contribution in [3.8, 4) is 17.1 Å². The second-order valence-corrected chi connectivity index (χ2v) is 6.09. The number of benzene rings is 1. The molecule has 1 fully saturated rings. The predicted molar refractivity (Wildman–Crippen MR) is 100 cm³/mol. The maximum atomic E-state index is 12.3. The van der Waals surface area contributed by atoms with Gasteiger partial charge in [0.05, 0.1) is 6.61 Å². The second-order valence-electron chi connectivity index (χ2n) is 6.09. The van der Waals surface area contributed by atoms with Gasteiger partial charge < -0.3 is 19.9 Å². The molecule has 1 saturated heterocycles. The second kappa shape index (κ2) is 9.54. The monoisotopic (exact) mass is 380 g/mol. The molecule has 26 heavy (non-hydrogen) atoms. The van der Waals surface area contributed by atoms with Gasteiger partial charge in [-0.1, -0.05) is 5.16 Å². The lowest BCUT2D eigenvalue weighted by Gasteiger charge is -2.23. The average Bonchev–Trinajstić information content (AvgIpc) is 3.30. The molecule has 1 aromatic heterocycles. The summed E-state index contributed by atoms with van der Waals surface area (Å²) >= 11 is 0. The molecular weight excluding hydrogens is 356 g/mol. The van der Waals surface area contributed by atoms with Crippen molar-refractivity contribution in [2.75, 3.05) is 19.7 Å². The minimum absolute atomic E-state index is 0. The van der Waals surface area contributed by atoms with Crippen LogP contribution in [0, 0.1) is 0 Å². The summed E-state index contributed by atoms with van der Waals surface area (Å²) in [6.45, 7) is 3.89. The molecule has 142 valence electrons. The number of aryl methyl sites for hydroxylation is 1. The Labute approximate surface area is 159 Å². The van der Waals surface area contributed by atoms with Crippen molar-refractivity contribution in [3.63, 3.8) is 0 Å². The van der Waals surface area contributed by atoms with Crippen molar-refractivity contribution in [1.29, 1.82) is 0 Å². The molecule has 2 N–H and O–H groups in total. The fourth-order valence-electron chi connectivity index (χ4n) is 3.11. The Balaban J connectivity index is 0.00000243. The van der Waals surface area contributed by atoms with Crippen LogP contribution in [0.4, 0.5) is 0 Å². The van der Waals surface area contributed by atoms with Crippen molar-refractivity contribution < 1.29 is 14.1 Å². The summed E-state index contributed by atoms with van der Waals surface area (Å²) in [4.78, 5) is 18.6. The molecule has 1 atom stereocenters. The molecule has 8 heteroatoms. The van der Waals surface area contributed by atoms with E-state index >= 15 is 0 Å². The molecule has 0 bridgehead atoms. The Morgan fingerprint density at radius 1 is 1.38 bits per heavy atom. The highest BCUT2D eigenvalue weighted by atomic mass is 35.5. The number of carbonyl (C=O) groups is 1. The van der Waals surface area contributed by atoms with Crippen LogP contribution in [0.5, 0.6) is 5.75 Å². The SMILES string of the molecule is CCOc1ccc(-c2noc(CCC(=O)N3CCCC3CN)n2)cc1.Cl. The lowest BCUT2D eigenvalue weighted by Crippen LogP contribution is -2.40. The zero-order chi connectivity index (χ0) is 17.6. The number of ether oxygens (including phenoxy) is 1. The summed E-state index contributed by atoms with van der Waals surface area (Å²) in [5, 5.41) is 4.00. The van der Waals surface area contributed by atoms with E-state index in [0.717, 1.165) is 30.7 Å². The maximum absolute atomic E-state index is 12.3. The number of amides is 1. The minimum atomic E-state index is 0. The van der Waals surface area contributed by atoms with E-state index in [9.17, 15) is 4.79 Å². The van der Waals surface area contributed by atoms with Crippen LogP contribution >= 0.6 is 12.4 Å². The topological polar surface area (TPSA) is 94.5 Å². The van der Waals surface area contributed by atoms with Crippen LogP contribution in [0.2, 0.25) is 0 Å². The summed E-state index contributed by atoms with van der Waals surface area (Å²) in [5.41, 5.74) is 6.58. The molecule has 3 rings (SSSR count). The van der Waals surface area contributed by atoms with E-state index in [1.165, 1.54) is 0 Å². The van der Waals surface area contributed by atoms with E-state index in [4.69, 9.17) is 15.0 Å². The third kappa shape index (κ3) is 4.74. The maximum Gasteiger partial charge on any atom is 0.227 e.